The van der Waals surface area contributed by atoms with Gasteiger partial charge < -0.3 is 15.0 Å². The number of nitrogens with zero attached hydrogens (tertiary/aromatic N) is 1. The third kappa shape index (κ3) is 2.49. The van der Waals surface area contributed by atoms with Crippen molar-refractivity contribution in [1.29, 1.82) is 0 Å². The van der Waals surface area contributed by atoms with Gasteiger partial charge in [-0.1, -0.05) is 17.7 Å². The number of carbonyl (C=O) groups is 1. The lowest BCUT2D eigenvalue weighted by atomic mass is 10.2. The molecule has 0 spiro atoms. The van der Waals surface area contributed by atoms with E-state index in [9.17, 15) is 9.90 Å². The Bertz CT molecular complexity index is 566. The van der Waals surface area contributed by atoms with E-state index in [0.717, 1.165) is 0 Å². The summed E-state index contributed by atoms with van der Waals surface area (Å²) in [5.74, 6) is -0.0572. The summed E-state index contributed by atoms with van der Waals surface area (Å²) in [5.41, 5.74) is 1.07. The Kier molecular flexibility index (Phi) is 3.58. The maximum absolute atomic E-state index is 12.3. The van der Waals surface area contributed by atoms with Crippen LogP contribution in [0, 0.1) is 0 Å². The van der Waals surface area contributed by atoms with E-state index in [1.165, 1.54) is 0 Å². The average Bonchev–Trinajstić information content (AvgIpc) is 2.77. The number of aromatic hydroxyl groups is 1. The van der Waals surface area contributed by atoms with Crippen LogP contribution >= 0.6 is 11.6 Å². The first-order valence-electron chi connectivity index (χ1n) is 5.56. The molecule has 2 N–H and O–H groups in total. The quantitative estimate of drug-likeness (QED) is 0.895. The molecule has 0 saturated heterocycles. The maximum Gasteiger partial charge on any atom is 0.274 e. The van der Waals surface area contributed by atoms with Gasteiger partial charge in [-0.15, -0.1) is 0 Å². The number of benzene rings is 1. The highest BCUT2D eigenvalue weighted by atomic mass is 35.5. The van der Waals surface area contributed by atoms with Crippen LogP contribution < -0.4 is 4.90 Å². The summed E-state index contributed by atoms with van der Waals surface area (Å²) in [4.78, 5) is 16.6. The van der Waals surface area contributed by atoms with Crippen molar-refractivity contribution in [2.75, 3.05) is 11.4 Å². The van der Waals surface area contributed by atoms with Gasteiger partial charge in [0, 0.05) is 24.5 Å². The van der Waals surface area contributed by atoms with Gasteiger partial charge in [0.15, 0.2) is 0 Å². The number of hydrogen-bond donors (Lipinski definition) is 2. The Hall–Kier alpha value is -1.94. The Labute approximate surface area is 110 Å². The molecule has 0 aliphatic rings. The number of amides is 1. The van der Waals surface area contributed by atoms with Crippen molar-refractivity contribution in [3.05, 3.63) is 47.2 Å². The number of hydrogen-bond acceptors (Lipinski definition) is 2. The minimum absolute atomic E-state index is 0.128. The molecule has 0 aliphatic carbocycles. The minimum Gasteiger partial charge on any atom is -0.508 e. The van der Waals surface area contributed by atoms with E-state index in [-0.39, 0.29) is 11.7 Å². The fourth-order valence-corrected chi connectivity index (χ4v) is 1.90. The number of halogens is 1. The molecule has 5 heteroatoms. The van der Waals surface area contributed by atoms with Crippen molar-refractivity contribution >= 4 is 23.2 Å². The molecule has 0 radical (unpaired) electrons. The second-order valence-corrected chi connectivity index (χ2v) is 4.24. The lowest BCUT2D eigenvalue weighted by Gasteiger charge is -2.20. The number of carbonyl (C=O) groups excluding carboxylic acids is 1. The van der Waals surface area contributed by atoms with Crippen LogP contribution in [0.3, 0.4) is 0 Å². The van der Waals surface area contributed by atoms with E-state index in [1.54, 1.807) is 41.4 Å². The topological polar surface area (TPSA) is 56.3 Å². The molecule has 18 heavy (non-hydrogen) atoms. The summed E-state index contributed by atoms with van der Waals surface area (Å²) in [5, 5.41) is 9.94. The third-order valence-corrected chi connectivity index (χ3v) is 2.80. The minimum atomic E-state index is -0.185. The predicted molar refractivity (Wildman–Crippen MR) is 71.3 cm³/mol. The normalized spacial score (nSPS) is 10.3. The SMILES string of the molecule is CCN(C(=O)c1cc(Cl)c[nH]1)c1cccc(O)c1. The molecule has 0 unspecified atom stereocenters. The monoisotopic (exact) mass is 264 g/mol. The van der Waals surface area contributed by atoms with E-state index in [4.69, 9.17) is 11.6 Å². The number of anilines is 1. The van der Waals surface area contributed by atoms with E-state index >= 15 is 0 Å². The number of aromatic amines is 1. The molecule has 1 aromatic carbocycles. The van der Waals surface area contributed by atoms with Crippen molar-refractivity contribution in [1.82, 2.24) is 4.98 Å². The van der Waals surface area contributed by atoms with Gasteiger partial charge in [0.25, 0.3) is 5.91 Å². The van der Waals surface area contributed by atoms with Crippen LogP contribution in [0.1, 0.15) is 17.4 Å². The zero-order valence-electron chi connectivity index (χ0n) is 9.85. The Morgan fingerprint density at radius 1 is 1.44 bits per heavy atom. The predicted octanol–water partition coefficient (Wildman–Crippen LogP) is 3.04. The van der Waals surface area contributed by atoms with Crippen molar-refractivity contribution < 1.29 is 9.90 Å². The maximum atomic E-state index is 12.3. The standard InChI is InChI=1S/C13H13ClN2O2/c1-2-16(10-4-3-5-11(17)7-10)13(18)12-6-9(14)8-15-12/h3-8,15,17H,2H2,1H3. The molecule has 0 aliphatic heterocycles. The molecule has 2 rings (SSSR count). The van der Waals surface area contributed by atoms with E-state index in [1.807, 2.05) is 6.92 Å². The fraction of sp³-hybridized carbons (Fsp3) is 0.154. The molecule has 2 aromatic rings. The number of phenolic OH excluding ortho intramolecular Hbond substituents is 1. The van der Waals surface area contributed by atoms with Gasteiger partial charge in [0.1, 0.15) is 11.4 Å². The number of aromatic nitrogens is 1. The first-order chi connectivity index (χ1) is 8.61. The highest BCUT2D eigenvalue weighted by Gasteiger charge is 2.17. The smallest absolute Gasteiger partial charge is 0.274 e. The van der Waals surface area contributed by atoms with Gasteiger partial charge >= 0.3 is 0 Å². The van der Waals surface area contributed by atoms with E-state index in [0.29, 0.717) is 22.9 Å². The highest BCUT2D eigenvalue weighted by Crippen LogP contribution is 2.22. The Balaban J connectivity index is 2.31. The molecule has 0 atom stereocenters. The largest absolute Gasteiger partial charge is 0.508 e. The van der Waals surface area contributed by atoms with Crippen LogP contribution in [0.15, 0.2) is 36.5 Å². The molecular formula is C13H13ClN2O2. The summed E-state index contributed by atoms with van der Waals surface area (Å²) in [6, 6.07) is 8.16. The first-order valence-corrected chi connectivity index (χ1v) is 5.94. The van der Waals surface area contributed by atoms with Gasteiger partial charge in [-0.2, -0.15) is 0 Å². The number of H-pyrrole nitrogens is 1. The van der Waals surface area contributed by atoms with Crippen molar-refractivity contribution in [2.45, 2.75) is 6.92 Å². The van der Waals surface area contributed by atoms with Crippen LogP contribution in [0.2, 0.25) is 5.02 Å². The molecule has 0 saturated carbocycles. The average molecular weight is 265 g/mol. The van der Waals surface area contributed by atoms with Gasteiger partial charge in [-0.05, 0) is 25.1 Å². The van der Waals surface area contributed by atoms with Crippen LogP contribution in [-0.4, -0.2) is 22.5 Å². The Morgan fingerprint density at radius 3 is 2.78 bits per heavy atom. The summed E-state index contributed by atoms with van der Waals surface area (Å²) in [7, 11) is 0. The van der Waals surface area contributed by atoms with Gasteiger partial charge in [-0.3, -0.25) is 4.79 Å². The molecule has 0 bridgehead atoms. The van der Waals surface area contributed by atoms with Crippen LogP contribution in [0.25, 0.3) is 0 Å². The molecule has 4 nitrogen and oxygen atoms in total. The zero-order valence-corrected chi connectivity index (χ0v) is 10.6. The molecule has 1 amide bonds. The van der Waals surface area contributed by atoms with E-state index < -0.39 is 0 Å². The van der Waals surface area contributed by atoms with Crippen molar-refractivity contribution in [2.24, 2.45) is 0 Å². The molecule has 1 aromatic heterocycles. The van der Waals surface area contributed by atoms with Crippen molar-refractivity contribution in [3.63, 3.8) is 0 Å². The lowest BCUT2D eigenvalue weighted by Crippen LogP contribution is -2.30. The first kappa shape index (κ1) is 12.5. The van der Waals surface area contributed by atoms with Crippen LogP contribution in [0.4, 0.5) is 5.69 Å². The van der Waals surface area contributed by atoms with E-state index in [2.05, 4.69) is 4.98 Å². The second-order valence-electron chi connectivity index (χ2n) is 3.80. The van der Waals surface area contributed by atoms with Gasteiger partial charge in [-0.25, -0.2) is 0 Å². The van der Waals surface area contributed by atoms with Crippen LogP contribution in [-0.2, 0) is 0 Å². The second kappa shape index (κ2) is 5.14. The Morgan fingerprint density at radius 2 is 2.22 bits per heavy atom. The summed E-state index contributed by atoms with van der Waals surface area (Å²) in [6.45, 7) is 2.37. The summed E-state index contributed by atoms with van der Waals surface area (Å²) >= 11 is 5.78. The molecular weight excluding hydrogens is 252 g/mol. The number of nitrogens with one attached hydrogen (secondary N) is 1. The van der Waals surface area contributed by atoms with Gasteiger partial charge in [0.05, 0.1) is 5.02 Å². The highest BCUT2D eigenvalue weighted by molar-refractivity contribution is 6.31. The summed E-state index contributed by atoms with van der Waals surface area (Å²) in [6.07, 6.45) is 1.56. The summed E-state index contributed by atoms with van der Waals surface area (Å²) < 4.78 is 0. The third-order valence-electron chi connectivity index (χ3n) is 2.58. The molecule has 1 heterocycles. The fourth-order valence-electron chi connectivity index (χ4n) is 1.74. The van der Waals surface area contributed by atoms with Crippen LogP contribution in [0.5, 0.6) is 5.75 Å². The number of phenols is 1. The van der Waals surface area contributed by atoms with Crippen molar-refractivity contribution in [3.8, 4) is 5.75 Å². The zero-order chi connectivity index (χ0) is 13.1. The van der Waals surface area contributed by atoms with Gasteiger partial charge in [0.2, 0.25) is 0 Å². The number of rotatable bonds is 3. The lowest BCUT2D eigenvalue weighted by molar-refractivity contribution is 0.0984. The molecule has 0 fully saturated rings. The molecule has 94 valence electrons.